The summed E-state index contributed by atoms with van der Waals surface area (Å²) in [4.78, 5) is 0. The lowest BCUT2D eigenvalue weighted by atomic mass is 10.0. The molecule has 15 heavy (non-hydrogen) atoms. The number of aromatic hydroxyl groups is 1. The van der Waals surface area contributed by atoms with E-state index in [1.165, 1.54) is 0 Å². The van der Waals surface area contributed by atoms with E-state index in [1.807, 2.05) is 12.1 Å². The molecule has 3 N–H and O–H groups in total. The quantitative estimate of drug-likeness (QED) is 0.783. The second-order valence-corrected chi connectivity index (χ2v) is 4.33. The maximum absolute atomic E-state index is 9.33. The molecule has 1 saturated carbocycles. The lowest BCUT2D eigenvalue weighted by molar-refractivity contribution is 0.473. The zero-order valence-electron chi connectivity index (χ0n) is 8.53. The van der Waals surface area contributed by atoms with Crippen LogP contribution >= 0.6 is 0 Å². The van der Waals surface area contributed by atoms with Gasteiger partial charge in [-0.15, -0.1) is 0 Å². The maximum atomic E-state index is 9.33. The van der Waals surface area contributed by atoms with Gasteiger partial charge in [0.1, 0.15) is 11.8 Å². The molecule has 78 valence electrons. The molecule has 0 atom stereocenters. The summed E-state index contributed by atoms with van der Waals surface area (Å²) in [7, 11) is 0. The number of phenols is 1. The molecule has 0 unspecified atom stereocenters. The smallest absolute Gasteiger partial charge is 0.133 e. The minimum atomic E-state index is 0.0463. The zero-order chi connectivity index (χ0) is 10.9. The second kappa shape index (κ2) is 3.56. The van der Waals surface area contributed by atoms with Gasteiger partial charge in [-0.05, 0) is 43.4 Å². The standard InChI is InChI=1S/C12H14N2O/c13-8-10-7-9(1-2-11(10)15)3-4-12(14)5-6-12/h1-2,7,15H,3-6,14H2. The van der Waals surface area contributed by atoms with E-state index in [4.69, 9.17) is 11.0 Å². The van der Waals surface area contributed by atoms with Crippen LogP contribution in [0.5, 0.6) is 5.75 Å². The van der Waals surface area contributed by atoms with Crippen LogP contribution < -0.4 is 5.73 Å². The van der Waals surface area contributed by atoms with Crippen molar-refractivity contribution in [1.29, 1.82) is 5.26 Å². The van der Waals surface area contributed by atoms with E-state index in [0.717, 1.165) is 31.2 Å². The Kier molecular flexibility index (Phi) is 2.37. The van der Waals surface area contributed by atoms with Crippen LogP contribution in [0.4, 0.5) is 0 Å². The first kappa shape index (κ1) is 10.0. The summed E-state index contributed by atoms with van der Waals surface area (Å²) in [6.07, 6.45) is 4.06. The third kappa shape index (κ3) is 2.28. The molecule has 0 saturated heterocycles. The Morgan fingerprint density at radius 2 is 2.20 bits per heavy atom. The van der Waals surface area contributed by atoms with Gasteiger partial charge in [0.25, 0.3) is 0 Å². The van der Waals surface area contributed by atoms with Crippen LogP contribution in [-0.4, -0.2) is 10.6 Å². The minimum Gasteiger partial charge on any atom is -0.507 e. The van der Waals surface area contributed by atoms with Crippen LogP contribution in [0.25, 0.3) is 0 Å². The number of rotatable bonds is 3. The van der Waals surface area contributed by atoms with Crippen LogP contribution in [0.2, 0.25) is 0 Å². The van der Waals surface area contributed by atoms with Gasteiger partial charge in [0, 0.05) is 5.54 Å². The largest absolute Gasteiger partial charge is 0.507 e. The van der Waals surface area contributed by atoms with Crippen molar-refractivity contribution in [3.8, 4) is 11.8 Å². The average molecular weight is 202 g/mol. The van der Waals surface area contributed by atoms with Crippen molar-refractivity contribution >= 4 is 0 Å². The number of hydrogen-bond acceptors (Lipinski definition) is 3. The molecule has 1 fully saturated rings. The number of nitrogens with zero attached hydrogens (tertiary/aromatic N) is 1. The Morgan fingerprint density at radius 3 is 2.80 bits per heavy atom. The summed E-state index contributed by atoms with van der Waals surface area (Å²) in [5.74, 6) is 0.0510. The number of phenolic OH excluding ortho intramolecular Hbond substituents is 1. The van der Waals surface area contributed by atoms with Gasteiger partial charge in [-0.25, -0.2) is 0 Å². The van der Waals surface area contributed by atoms with Crippen molar-refractivity contribution < 1.29 is 5.11 Å². The monoisotopic (exact) mass is 202 g/mol. The highest BCUT2D eigenvalue weighted by molar-refractivity contribution is 5.44. The lowest BCUT2D eigenvalue weighted by Gasteiger charge is -2.08. The molecular formula is C12H14N2O. The first-order valence-corrected chi connectivity index (χ1v) is 5.14. The van der Waals surface area contributed by atoms with Gasteiger partial charge in [-0.2, -0.15) is 5.26 Å². The van der Waals surface area contributed by atoms with Crippen LogP contribution in [0, 0.1) is 11.3 Å². The maximum Gasteiger partial charge on any atom is 0.133 e. The lowest BCUT2D eigenvalue weighted by Crippen LogP contribution is -2.22. The van der Waals surface area contributed by atoms with E-state index in [-0.39, 0.29) is 11.3 Å². The molecule has 2 rings (SSSR count). The predicted octanol–water partition coefficient (Wildman–Crippen LogP) is 1.69. The highest BCUT2D eigenvalue weighted by atomic mass is 16.3. The van der Waals surface area contributed by atoms with Crippen LogP contribution in [-0.2, 0) is 6.42 Å². The molecule has 1 aliphatic rings. The minimum absolute atomic E-state index is 0.0463. The first-order chi connectivity index (χ1) is 7.13. The summed E-state index contributed by atoms with van der Waals surface area (Å²) >= 11 is 0. The fraction of sp³-hybridized carbons (Fsp3) is 0.417. The molecule has 3 heteroatoms. The van der Waals surface area contributed by atoms with E-state index in [2.05, 4.69) is 0 Å². The molecule has 0 aromatic heterocycles. The van der Waals surface area contributed by atoms with E-state index in [0.29, 0.717) is 5.56 Å². The molecule has 1 aliphatic carbocycles. The summed E-state index contributed by atoms with van der Waals surface area (Å²) in [6.45, 7) is 0. The van der Waals surface area contributed by atoms with Gasteiger partial charge in [0.05, 0.1) is 5.56 Å². The number of aryl methyl sites for hydroxylation is 1. The molecule has 0 radical (unpaired) electrons. The van der Waals surface area contributed by atoms with E-state index in [9.17, 15) is 5.11 Å². The van der Waals surface area contributed by atoms with Crippen molar-refractivity contribution in [3.05, 3.63) is 29.3 Å². The number of hydrogen-bond donors (Lipinski definition) is 2. The molecule has 0 bridgehead atoms. The summed E-state index contributed by atoms with van der Waals surface area (Å²) in [5.41, 5.74) is 7.44. The Bertz CT molecular complexity index is 416. The molecule has 0 spiro atoms. The van der Waals surface area contributed by atoms with Crippen LogP contribution in [0.1, 0.15) is 30.4 Å². The fourth-order valence-corrected chi connectivity index (χ4v) is 1.63. The summed E-state index contributed by atoms with van der Waals surface area (Å²) in [6, 6.07) is 7.13. The third-order valence-electron chi connectivity index (χ3n) is 2.99. The molecular weight excluding hydrogens is 188 g/mol. The van der Waals surface area contributed by atoms with E-state index >= 15 is 0 Å². The summed E-state index contributed by atoms with van der Waals surface area (Å²) in [5, 5.41) is 18.1. The van der Waals surface area contributed by atoms with Gasteiger partial charge >= 0.3 is 0 Å². The van der Waals surface area contributed by atoms with Gasteiger partial charge in [-0.1, -0.05) is 6.07 Å². The topological polar surface area (TPSA) is 70.0 Å². The molecule has 0 amide bonds. The average Bonchev–Trinajstić information content (AvgIpc) is 2.96. The van der Waals surface area contributed by atoms with Gasteiger partial charge in [0.2, 0.25) is 0 Å². The predicted molar refractivity (Wildman–Crippen MR) is 57.3 cm³/mol. The van der Waals surface area contributed by atoms with Gasteiger partial charge in [-0.3, -0.25) is 0 Å². The highest BCUT2D eigenvalue weighted by Gasteiger charge is 2.37. The zero-order valence-corrected chi connectivity index (χ0v) is 8.53. The number of nitriles is 1. The van der Waals surface area contributed by atoms with Gasteiger partial charge in [0.15, 0.2) is 0 Å². The molecule has 0 heterocycles. The Labute approximate surface area is 89.1 Å². The van der Waals surface area contributed by atoms with Crippen molar-refractivity contribution in [2.45, 2.75) is 31.2 Å². The molecule has 3 nitrogen and oxygen atoms in total. The van der Waals surface area contributed by atoms with Crippen LogP contribution in [0.15, 0.2) is 18.2 Å². The Morgan fingerprint density at radius 1 is 1.47 bits per heavy atom. The Balaban J connectivity index is 2.06. The number of nitrogens with two attached hydrogens (primary N) is 1. The molecule has 1 aromatic carbocycles. The second-order valence-electron chi connectivity index (χ2n) is 4.33. The SMILES string of the molecule is N#Cc1cc(CCC2(N)CC2)ccc1O. The highest BCUT2D eigenvalue weighted by Crippen LogP contribution is 2.36. The first-order valence-electron chi connectivity index (χ1n) is 5.14. The number of benzene rings is 1. The Hall–Kier alpha value is -1.53. The fourth-order valence-electron chi connectivity index (χ4n) is 1.63. The van der Waals surface area contributed by atoms with Gasteiger partial charge < -0.3 is 10.8 Å². The van der Waals surface area contributed by atoms with Crippen molar-refractivity contribution in [2.75, 3.05) is 0 Å². The normalized spacial score (nSPS) is 17.1. The van der Waals surface area contributed by atoms with Crippen molar-refractivity contribution in [2.24, 2.45) is 5.73 Å². The van der Waals surface area contributed by atoms with Crippen molar-refractivity contribution in [3.63, 3.8) is 0 Å². The van der Waals surface area contributed by atoms with E-state index < -0.39 is 0 Å². The van der Waals surface area contributed by atoms with Crippen LogP contribution in [0.3, 0.4) is 0 Å². The molecule has 1 aromatic rings. The summed E-state index contributed by atoms with van der Waals surface area (Å²) < 4.78 is 0. The molecule has 0 aliphatic heterocycles. The van der Waals surface area contributed by atoms with E-state index in [1.54, 1.807) is 12.1 Å². The third-order valence-corrected chi connectivity index (χ3v) is 2.99. The van der Waals surface area contributed by atoms with Crippen molar-refractivity contribution in [1.82, 2.24) is 0 Å².